The molecule has 0 radical (unpaired) electrons. The van der Waals surface area contributed by atoms with Crippen LogP contribution in [0, 0.1) is 13.8 Å². The first-order chi connectivity index (χ1) is 6.66. The molecule has 0 aliphatic rings. The minimum absolute atomic E-state index is 0.805. The molecule has 0 spiro atoms. The Morgan fingerprint density at radius 3 is 2.64 bits per heavy atom. The fourth-order valence-electron chi connectivity index (χ4n) is 1.88. The molecule has 0 aliphatic heterocycles. The van der Waals surface area contributed by atoms with E-state index in [0.717, 1.165) is 22.3 Å². The summed E-state index contributed by atoms with van der Waals surface area (Å²) >= 11 is 0. The maximum Gasteiger partial charge on any atom is 0.104 e. The summed E-state index contributed by atoms with van der Waals surface area (Å²) in [5, 5.41) is 1.09. The van der Waals surface area contributed by atoms with Crippen LogP contribution in [0.25, 0.3) is 10.9 Å². The molecule has 1 heterocycles. The number of aromatic nitrogens is 1. The molecule has 0 aliphatic carbocycles. The number of benzene rings is 1. The minimum Gasteiger partial charge on any atom is -0.417 e. The molecule has 74 valence electrons. The largest absolute Gasteiger partial charge is 0.417 e. The zero-order valence-electron chi connectivity index (χ0n) is 8.66. The Labute approximate surface area is 83.0 Å². The number of fused-ring (bicyclic) bond motifs is 1. The number of hydrogen-bond donors (Lipinski definition) is 1. The van der Waals surface area contributed by atoms with Crippen molar-refractivity contribution in [2.45, 2.75) is 13.8 Å². The van der Waals surface area contributed by atoms with Crippen molar-refractivity contribution in [1.82, 2.24) is 4.73 Å². The molecule has 0 saturated heterocycles. The molecule has 2 aromatic rings. The lowest BCUT2D eigenvalue weighted by Crippen LogP contribution is -2.06. The molecule has 0 saturated carbocycles. The van der Waals surface area contributed by atoms with Crippen LogP contribution in [0.15, 0.2) is 18.2 Å². The Hall–Kier alpha value is -1.64. The highest BCUT2D eigenvalue weighted by Crippen LogP contribution is 2.28. The quantitative estimate of drug-likeness (QED) is 0.698. The summed E-state index contributed by atoms with van der Waals surface area (Å²) < 4.78 is 1.81. The van der Waals surface area contributed by atoms with Crippen LogP contribution in [0.2, 0.25) is 0 Å². The molecule has 2 N–H and O–H groups in total. The predicted octanol–water partition coefficient (Wildman–Crippen LogP) is 1.90. The monoisotopic (exact) mass is 190 g/mol. The van der Waals surface area contributed by atoms with Crippen LogP contribution in [0.3, 0.4) is 0 Å². The van der Waals surface area contributed by atoms with Crippen molar-refractivity contribution in [3.05, 3.63) is 29.5 Å². The molecule has 0 fully saturated rings. The molecule has 0 atom stereocenters. The Kier molecular flexibility index (Phi) is 1.88. The van der Waals surface area contributed by atoms with Gasteiger partial charge in [-0.1, -0.05) is 6.07 Å². The van der Waals surface area contributed by atoms with E-state index in [4.69, 9.17) is 10.6 Å². The van der Waals surface area contributed by atoms with Crippen molar-refractivity contribution >= 4 is 16.6 Å². The third kappa shape index (κ3) is 0.985. The summed E-state index contributed by atoms with van der Waals surface area (Å²) in [5.74, 6) is 0. The van der Waals surface area contributed by atoms with E-state index < -0.39 is 0 Å². The maximum absolute atomic E-state index is 5.93. The van der Waals surface area contributed by atoms with Gasteiger partial charge in [-0.25, -0.2) is 0 Å². The van der Waals surface area contributed by atoms with Gasteiger partial charge >= 0.3 is 0 Å². The summed E-state index contributed by atoms with van der Waals surface area (Å²) in [5.41, 5.74) is 10.0. The second-order valence-electron chi connectivity index (χ2n) is 3.43. The van der Waals surface area contributed by atoms with Crippen LogP contribution < -0.4 is 10.6 Å². The molecule has 0 unspecified atom stereocenters. The van der Waals surface area contributed by atoms with Crippen molar-refractivity contribution in [3.8, 4) is 0 Å². The molecule has 14 heavy (non-hydrogen) atoms. The number of nitrogens with zero attached hydrogens (tertiary/aromatic N) is 1. The average Bonchev–Trinajstić information content (AvgIpc) is 2.41. The molecule has 1 aromatic carbocycles. The number of hydrogen-bond acceptors (Lipinski definition) is 2. The van der Waals surface area contributed by atoms with E-state index >= 15 is 0 Å². The number of nitrogens with two attached hydrogens (primary N) is 1. The minimum atomic E-state index is 0.805. The standard InChI is InChI=1S/C11H14N2O/c1-7-8(2)13(14-3)10-6-4-5-9(12)11(7)10/h4-6H,12H2,1-3H3. The zero-order chi connectivity index (χ0) is 10.3. The van der Waals surface area contributed by atoms with E-state index in [1.807, 2.05) is 25.1 Å². The second kappa shape index (κ2) is 2.94. The fourth-order valence-corrected chi connectivity index (χ4v) is 1.88. The van der Waals surface area contributed by atoms with Crippen LogP contribution in [0.4, 0.5) is 5.69 Å². The Bertz CT molecular complexity index is 485. The highest BCUT2D eigenvalue weighted by atomic mass is 16.6. The van der Waals surface area contributed by atoms with Gasteiger partial charge in [0.25, 0.3) is 0 Å². The Morgan fingerprint density at radius 2 is 2.00 bits per heavy atom. The van der Waals surface area contributed by atoms with Gasteiger partial charge in [-0.2, -0.15) is 4.73 Å². The average molecular weight is 190 g/mol. The Balaban J connectivity index is 2.95. The van der Waals surface area contributed by atoms with Crippen molar-refractivity contribution in [1.29, 1.82) is 0 Å². The SMILES string of the molecule is COn1c(C)c(C)c2c(N)cccc21. The topological polar surface area (TPSA) is 40.2 Å². The van der Waals surface area contributed by atoms with Crippen LogP contribution in [-0.2, 0) is 0 Å². The van der Waals surface area contributed by atoms with E-state index in [0.29, 0.717) is 0 Å². The third-order valence-corrected chi connectivity index (χ3v) is 2.70. The summed E-state index contributed by atoms with van der Waals surface area (Å²) in [6.07, 6.45) is 0. The lowest BCUT2D eigenvalue weighted by atomic mass is 10.1. The second-order valence-corrected chi connectivity index (χ2v) is 3.43. The molecule has 3 nitrogen and oxygen atoms in total. The van der Waals surface area contributed by atoms with E-state index in [1.54, 1.807) is 11.8 Å². The van der Waals surface area contributed by atoms with E-state index in [9.17, 15) is 0 Å². The van der Waals surface area contributed by atoms with Crippen molar-refractivity contribution < 1.29 is 4.84 Å². The summed E-state index contributed by atoms with van der Waals surface area (Å²) in [4.78, 5) is 5.30. The van der Waals surface area contributed by atoms with E-state index in [-0.39, 0.29) is 0 Å². The van der Waals surface area contributed by atoms with Gasteiger partial charge in [-0.3, -0.25) is 0 Å². The van der Waals surface area contributed by atoms with Gasteiger partial charge in [0.1, 0.15) is 7.11 Å². The van der Waals surface area contributed by atoms with Gasteiger partial charge in [0.15, 0.2) is 0 Å². The normalized spacial score (nSPS) is 10.8. The molecule has 0 bridgehead atoms. The lowest BCUT2D eigenvalue weighted by molar-refractivity contribution is 0.173. The zero-order valence-corrected chi connectivity index (χ0v) is 8.66. The fraction of sp³-hybridized carbons (Fsp3) is 0.273. The van der Waals surface area contributed by atoms with E-state index in [1.165, 1.54) is 5.56 Å². The maximum atomic E-state index is 5.93. The van der Waals surface area contributed by atoms with Gasteiger partial charge in [0.05, 0.1) is 11.2 Å². The third-order valence-electron chi connectivity index (χ3n) is 2.70. The smallest absolute Gasteiger partial charge is 0.104 e. The highest BCUT2D eigenvalue weighted by Gasteiger charge is 2.12. The highest BCUT2D eigenvalue weighted by molar-refractivity contribution is 5.95. The van der Waals surface area contributed by atoms with Gasteiger partial charge in [0.2, 0.25) is 0 Å². The molecular weight excluding hydrogens is 176 g/mol. The van der Waals surface area contributed by atoms with E-state index in [2.05, 4.69) is 6.92 Å². The number of anilines is 1. The molecular formula is C11H14N2O. The Morgan fingerprint density at radius 1 is 1.29 bits per heavy atom. The summed E-state index contributed by atoms with van der Waals surface area (Å²) in [6.45, 7) is 4.09. The molecule has 2 rings (SSSR count). The summed E-state index contributed by atoms with van der Waals surface area (Å²) in [6, 6.07) is 5.86. The van der Waals surface area contributed by atoms with Crippen LogP contribution in [-0.4, -0.2) is 11.8 Å². The van der Waals surface area contributed by atoms with Gasteiger partial charge in [-0.05, 0) is 31.5 Å². The van der Waals surface area contributed by atoms with Crippen LogP contribution >= 0.6 is 0 Å². The van der Waals surface area contributed by atoms with Gasteiger partial charge in [-0.15, -0.1) is 0 Å². The number of aryl methyl sites for hydroxylation is 1. The van der Waals surface area contributed by atoms with Gasteiger partial charge < -0.3 is 10.6 Å². The van der Waals surface area contributed by atoms with Gasteiger partial charge in [0, 0.05) is 11.1 Å². The molecule has 0 amide bonds. The molecule has 1 aromatic heterocycles. The first kappa shape index (κ1) is 8.94. The predicted molar refractivity (Wildman–Crippen MR) is 58.3 cm³/mol. The molecule has 3 heteroatoms. The lowest BCUT2D eigenvalue weighted by Gasteiger charge is -2.04. The first-order valence-electron chi connectivity index (χ1n) is 4.57. The number of rotatable bonds is 1. The number of nitrogen functional groups attached to an aromatic ring is 1. The van der Waals surface area contributed by atoms with Crippen molar-refractivity contribution in [2.75, 3.05) is 12.8 Å². The first-order valence-corrected chi connectivity index (χ1v) is 4.57. The van der Waals surface area contributed by atoms with Crippen molar-refractivity contribution in [2.24, 2.45) is 0 Å². The van der Waals surface area contributed by atoms with Crippen LogP contribution in [0.5, 0.6) is 0 Å². The van der Waals surface area contributed by atoms with Crippen molar-refractivity contribution in [3.63, 3.8) is 0 Å². The van der Waals surface area contributed by atoms with Crippen LogP contribution in [0.1, 0.15) is 11.3 Å². The summed E-state index contributed by atoms with van der Waals surface area (Å²) in [7, 11) is 1.66.